The lowest BCUT2D eigenvalue weighted by atomic mass is 10.4. The van der Waals surface area contributed by atoms with E-state index in [1.165, 1.54) is 24.0 Å². The van der Waals surface area contributed by atoms with Crippen molar-refractivity contribution in [1.29, 1.82) is 0 Å². The van der Waals surface area contributed by atoms with Crippen LogP contribution in [0, 0.1) is 0 Å². The van der Waals surface area contributed by atoms with E-state index in [2.05, 4.69) is 4.98 Å². The van der Waals surface area contributed by atoms with E-state index in [4.69, 9.17) is 9.84 Å². The largest absolute Gasteiger partial charge is 0.477 e. The minimum Gasteiger partial charge on any atom is -0.477 e. The summed E-state index contributed by atoms with van der Waals surface area (Å²) in [5.74, 6) is -0.511. The molecule has 4 nitrogen and oxygen atoms in total. The molecular weight excluding hydrogens is 190 g/mol. The Hall–Kier alpha value is -1.07. The van der Waals surface area contributed by atoms with Gasteiger partial charge in [0.25, 0.3) is 0 Å². The van der Waals surface area contributed by atoms with E-state index in [-0.39, 0.29) is 5.69 Å². The summed E-state index contributed by atoms with van der Waals surface area (Å²) in [6.07, 6.45) is 1.47. The number of carbonyl (C=O) groups is 1. The van der Waals surface area contributed by atoms with Crippen LogP contribution in [0.2, 0.25) is 0 Å². The highest BCUT2D eigenvalue weighted by molar-refractivity contribution is 7.99. The third-order valence-corrected chi connectivity index (χ3v) is 2.23. The Bertz CT molecular complexity index is 303. The van der Waals surface area contributed by atoms with Crippen LogP contribution >= 0.6 is 11.8 Å². The van der Waals surface area contributed by atoms with Crippen molar-refractivity contribution in [3.8, 4) is 0 Å². The molecule has 0 fully saturated rings. The fraction of sp³-hybridized carbons (Fsp3) is 0.250. The Morgan fingerprint density at radius 3 is 3.15 bits per heavy atom. The number of hydrogen-bond donors (Lipinski definition) is 1. The molecule has 0 bridgehead atoms. The monoisotopic (exact) mass is 199 g/mol. The van der Waals surface area contributed by atoms with Crippen molar-refractivity contribution >= 4 is 17.7 Å². The quantitative estimate of drug-likeness (QED) is 0.588. The van der Waals surface area contributed by atoms with Gasteiger partial charge in [-0.2, -0.15) is 0 Å². The fourth-order valence-corrected chi connectivity index (χ4v) is 1.35. The molecule has 0 saturated heterocycles. The van der Waals surface area contributed by atoms with E-state index in [1.54, 1.807) is 13.2 Å². The number of thioether (sulfide) groups is 1. The van der Waals surface area contributed by atoms with Crippen molar-refractivity contribution < 1.29 is 14.6 Å². The molecule has 1 heterocycles. The number of aromatic carboxylic acids is 1. The van der Waals surface area contributed by atoms with Gasteiger partial charge < -0.3 is 9.84 Å². The van der Waals surface area contributed by atoms with E-state index in [0.717, 1.165) is 4.90 Å². The topological polar surface area (TPSA) is 59.4 Å². The van der Waals surface area contributed by atoms with Crippen molar-refractivity contribution in [3.05, 3.63) is 24.0 Å². The zero-order valence-corrected chi connectivity index (χ0v) is 7.87. The lowest BCUT2D eigenvalue weighted by Crippen LogP contribution is -1.99. The number of carboxylic acid groups (broad SMARTS) is 1. The lowest BCUT2D eigenvalue weighted by molar-refractivity contribution is 0.0690. The maximum absolute atomic E-state index is 10.5. The van der Waals surface area contributed by atoms with Gasteiger partial charge in [-0.05, 0) is 12.1 Å². The van der Waals surface area contributed by atoms with Gasteiger partial charge in [-0.1, -0.05) is 11.8 Å². The number of pyridine rings is 1. The van der Waals surface area contributed by atoms with Gasteiger partial charge in [-0.15, -0.1) is 0 Å². The minimum atomic E-state index is -1.01. The molecule has 0 aromatic carbocycles. The molecule has 13 heavy (non-hydrogen) atoms. The lowest BCUT2D eigenvalue weighted by Gasteiger charge is -2.00. The third kappa shape index (κ3) is 3.04. The SMILES string of the molecule is COCSc1ccnc(C(=O)O)c1. The average molecular weight is 199 g/mol. The van der Waals surface area contributed by atoms with Gasteiger partial charge in [0.15, 0.2) is 0 Å². The molecule has 0 aliphatic heterocycles. The summed E-state index contributed by atoms with van der Waals surface area (Å²) in [6.45, 7) is 0. The molecule has 0 atom stereocenters. The first-order valence-electron chi connectivity index (χ1n) is 3.55. The smallest absolute Gasteiger partial charge is 0.354 e. The number of aromatic nitrogens is 1. The number of methoxy groups -OCH3 is 1. The molecule has 0 saturated carbocycles. The minimum absolute atomic E-state index is 0.0566. The summed E-state index contributed by atoms with van der Waals surface area (Å²) in [5.41, 5.74) is 0.0566. The molecule has 1 aromatic heterocycles. The summed E-state index contributed by atoms with van der Waals surface area (Å²) >= 11 is 1.43. The molecule has 0 spiro atoms. The predicted molar refractivity (Wildman–Crippen MR) is 48.9 cm³/mol. The zero-order valence-electron chi connectivity index (χ0n) is 7.06. The number of carboxylic acids is 1. The van der Waals surface area contributed by atoms with E-state index in [9.17, 15) is 4.79 Å². The Labute approximate surface area is 79.9 Å². The molecular formula is C8H9NO3S. The van der Waals surface area contributed by atoms with Crippen LogP contribution in [0.3, 0.4) is 0 Å². The third-order valence-electron chi connectivity index (χ3n) is 1.29. The van der Waals surface area contributed by atoms with Crippen LogP contribution in [0.15, 0.2) is 23.2 Å². The molecule has 0 amide bonds. The van der Waals surface area contributed by atoms with Gasteiger partial charge in [0.1, 0.15) is 5.69 Å². The molecule has 0 unspecified atom stereocenters. The second-order valence-corrected chi connectivity index (χ2v) is 3.23. The van der Waals surface area contributed by atoms with Gasteiger partial charge in [-0.25, -0.2) is 9.78 Å². The van der Waals surface area contributed by atoms with E-state index in [1.807, 2.05) is 0 Å². The molecule has 70 valence electrons. The van der Waals surface area contributed by atoms with Gasteiger partial charge in [-0.3, -0.25) is 0 Å². The van der Waals surface area contributed by atoms with Gasteiger partial charge in [0.2, 0.25) is 0 Å². The van der Waals surface area contributed by atoms with Crippen molar-refractivity contribution in [2.24, 2.45) is 0 Å². The highest BCUT2D eigenvalue weighted by atomic mass is 32.2. The van der Waals surface area contributed by atoms with Crippen LogP contribution in [0.1, 0.15) is 10.5 Å². The first-order valence-corrected chi connectivity index (χ1v) is 4.53. The van der Waals surface area contributed by atoms with Crippen LogP contribution in [-0.2, 0) is 4.74 Å². The maximum atomic E-state index is 10.5. The summed E-state index contributed by atoms with van der Waals surface area (Å²) in [7, 11) is 1.59. The van der Waals surface area contributed by atoms with E-state index >= 15 is 0 Å². The Kier molecular flexibility index (Phi) is 3.72. The molecule has 1 N–H and O–H groups in total. The second kappa shape index (κ2) is 4.84. The van der Waals surface area contributed by atoms with Crippen LogP contribution in [-0.4, -0.2) is 29.1 Å². The van der Waals surface area contributed by atoms with Gasteiger partial charge >= 0.3 is 5.97 Å². The molecule has 0 aliphatic rings. The average Bonchev–Trinajstić information content (AvgIpc) is 2.15. The zero-order chi connectivity index (χ0) is 9.68. The van der Waals surface area contributed by atoms with E-state index in [0.29, 0.717) is 5.94 Å². The first kappa shape index (κ1) is 10.0. The molecule has 0 radical (unpaired) electrons. The summed E-state index contributed by atoms with van der Waals surface area (Å²) in [4.78, 5) is 15.1. The summed E-state index contributed by atoms with van der Waals surface area (Å²) in [5, 5.41) is 8.63. The fourth-order valence-electron chi connectivity index (χ4n) is 0.745. The maximum Gasteiger partial charge on any atom is 0.354 e. The Balaban J connectivity index is 2.73. The first-order chi connectivity index (χ1) is 6.24. The van der Waals surface area contributed by atoms with Crippen LogP contribution in [0.5, 0.6) is 0 Å². The molecule has 0 aliphatic carbocycles. The van der Waals surface area contributed by atoms with Crippen molar-refractivity contribution in [1.82, 2.24) is 4.98 Å². The number of rotatable bonds is 4. The molecule has 1 aromatic rings. The highest BCUT2D eigenvalue weighted by Gasteiger charge is 2.04. The van der Waals surface area contributed by atoms with Crippen molar-refractivity contribution in [2.45, 2.75) is 4.90 Å². The summed E-state index contributed by atoms with van der Waals surface area (Å²) < 4.78 is 4.84. The van der Waals surface area contributed by atoms with Crippen LogP contribution in [0.4, 0.5) is 0 Å². The number of hydrogen-bond acceptors (Lipinski definition) is 4. The predicted octanol–water partition coefficient (Wildman–Crippen LogP) is 1.48. The van der Waals surface area contributed by atoms with Crippen LogP contribution in [0.25, 0.3) is 0 Å². The van der Waals surface area contributed by atoms with E-state index < -0.39 is 5.97 Å². The standard InChI is InChI=1S/C8H9NO3S/c1-12-5-13-6-2-3-9-7(4-6)8(10)11/h2-4H,5H2,1H3,(H,10,11). The van der Waals surface area contributed by atoms with Gasteiger partial charge in [0, 0.05) is 18.2 Å². The second-order valence-electron chi connectivity index (χ2n) is 2.23. The Morgan fingerprint density at radius 2 is 2.54 bits per heavy atom. The number of nitrogens with zero attached hydrogens (tertiary/aromatic N) is 1. The Morgan fingerprint density at radius 1 is 1.77 bits per heavy atom. The van der Waals surface area contributed by atoms with Crippen molar-refractivity contribution in [2.75, 3.05) is 13.0 Å². The number of ether oxygens (including phenoxy) is 1. The van der Waals surface area contributed by atoms with Crippen LogP contribution < -0.4 is 0 Å². The highest BCUT2D eigenvalue weighted by Crippen LogP contribution is 2.17. The molecule has 1 rings (SSSR count). The normalized spacial score (nSPS) is 9.92. The summed E-state index contributed by atoms with van der Waals surface area (Å²) in [6, 6.07) is 3.27. The molecule has 5 heteroatoms. The van der Waals surface area contributed by atoms with Gasteiger partial charge in [0.05, 0.1) is 5.94 Å². The van der Waals surface area contributed by atoms with Crippen molar-refractivity contribution in [3.63, 3.8) is 0 Å².